The molecule has 1 aliphatic rings. The van der Waals surface area contributed by atoms with Gasteiger partial charge in [-0.05, 0) is 37.6 Å². The summed E-state index contributed by atoms with van der Waals surface area (Å²) in [5.41, 5.74) is 0.912. The van der Waals surface area contributed by atoms with Crippen LogP contribution in [0.2, 0.25) is 0 Å². The van der Waals surface area contributed by atoms with E-state index in [1.807, 2.05) is 12.1 Å². The monoisotopic (exact) mass is 285 g/mol. The molecule has 0 unspecified atom stereocenters. The van der Waals surface area contributed by atoms with Crippen LogP contribution in [-0.4, -0.2) is 34.3 Å². The van der Waals surface area contributed by atoms with E-state index in [2.05, 4.69) is 20.8 Å². The molecule has 1 aliphatic heterocycles. The van der Waals surface area contributed by atoms with Gasteiger partial charge in [0.2, 0.25) is 0 Å². The van der Waals surface area contributed by atoms with Crippen molar-refractivity contribution in [3.63, 3.8) is 0 Å². The number of aromatic hydroxyl groups is 1. The molecular weight excluding hydrogens is 270 g/mol. The Morgan fingerprint density at radius 3 is 3.00 bits per heavy atom. The van der Waals surface area contributed by atoms with Gasteiger partial charge < -0.3 is 10.2 Å². The molecule has 1 saturated heterocycles. The van der Waals surface area contributed by atoms with Crippen molar-refractivity contribution >= 4 is 15.9 Å². The third kappa shape index (κ3) is 2.56. The molecule has 2 N–H and O–H groups in total. The van der Waals surface area contributed by atoms with Gasteiger partial charge in [-0.1, -0.05) is 15.9 Å². The lowest BCUT2D eigenvalue weighted by Crippen LogP contribution is -2.31. The first kappa shape index (κ1) is 11.9. The summed E-state index contributed by atoms with van der Waals surface area (Å²) in [4.78, 5) is 2.22. The van der Waals surface area contributed by atoms with Crippen LogP contribution in [0.15, 0.2) is 22.7 Å². The fourth-order valence-electron chi connectivity index (χ4n) is 2.21. The van der Waals surface area contributed by atoms with Crippen LogP contribution in [-0.2, 0) is 6.54 Å². The van der Waals surface area contributed by atoms with Crippen LogP contribution < -0.4 is 0 Å². The van der Waals surface area contributed by atoms with Gasteiger partial charge in [0.1, 0.15) is 5.75 Å². The summed E-state index contributed by atoms with van der Waals surface area (Å²) in [5.74, 6) is 0.326. The fourth-order valence-corrected chi connectivity index (χ4v) is 2.62. The Bertz CT molecular complexity index is 370. The summed E-state index contributed by atoms with van der Waals surface area (Å²) in [6.07, 6.45) is 2.17. The van der Waals surface area contributed by atoms with E-state index in [1.54, 1.807) is 6.07 Å². The zero-order chi connectivity index (χ0) is 11.5. The Hall–Kier alpha value is -0.580. The van der Waals surface area contributed by atoms with Crippen molar-refractivity contribution in [2.75, 3.05) is 13.2 Å². The Kier molecular flexibility index (Phi) is 3.84. The van der Waals surface area contributed by atoms with Gasteiger partial charge >= 0.3 is 0 Å². The summed E-state index contributed by atoms with van der Waals surface area (Å²) in [6, 6.07) is 5.70. The number of phenols is 1. The van der Waals surface area contributed by atoms with Crippen molar-refractivity contribution < 1.29 is 10.2 Å². The predicted octanol–water partition coefficient (Wildman–Crippen LogP) is 2.11. The number of nitrogens with zero attached hydrogens (tertiary/aromatic N) is 1. The number of rotatable bonds is 3. The van der Waals surface area contributed by atoms with Crippen LogP contribution in [0.1, 0.15) is 18.4 Å². The zero-order valence-corrected chi connectivity index (χ0v) is 10.7. The van der Waals surface area contributed by atoms with Gasteiger partial charge in [-0.25, -0.2) is 0 Å². The first-order chi connectivity index (χ1) is 7.70. The number of likely N-dealkylation sites (tertiary alicyclic amines) is 1. The predicted molar refractivity (Wildman–Crippen MR) is 66.3 cm³/mol. The number of halogens is 1. The Morgan fingerprint density at radius 1 is 1.44 bits per heavy atom. The SMILES string of the molecule is OC[C@H]1CCCN1Cc1cc(Br)ccc1O. The van der Waals surface area contributed by atoms with Crippen LogP contribution in [0.25, 0.3) is 0 Å². The van der Waals surface area contributed by atoms with Gasteiger partial charge in [-0.3, -0.25) is 4.90 Å². The molecule has 0 spiro atoms. The molecule has 16 heavy (non-hydrogen) atoms. The van der Waals surface area contributed by atoms with E-state index in [1.165, 1.54) is 0 Å². The average Bonchev–Trinajstić information content (AvgIpc) is 2.71. The second-order valence-corrected chi connectivity index (χ2v) is 5.14. The van der Waals surface area contributed by atoms with Crippen molar-refractivity contribution in [3.05, 3.63) is 28.2 Å². The van der Waals surface area contributed by atoms with Crippen molar-refractivity contribution in [1.82, 2.24) is 4.90 Å². The lowest BCUT2D eigenvalue weighted by Gasteiger charge is -2.23. The van der Waals surface area contributed by atoms with Crippen LogP contribution in [0.3, 0.4) is 0 Å². The summed E-state index contributed by atoms with van der Waals surface area (Å²) >= 11 is 3.40. The normalized spacial score (nSPS) is 21.5. The fraction of sp³-hybridized carbons (Fsp3) is 0.500. The number of phenolic OH excluding ortho intramolecular Hbond substituents is 1. The number of aliphatic hydroxyl groups excluding tert-OH is 1. The molecule has 0 aliphatic carbocycles. The first-order valence-corrected chi connectivity index (χ1v) is 6.32. The largest absolute Gasteiger partial charge is 0.508 e. The van der Waals surface area contributed by atoms with Gasteiger partial charge in [-0.2, -0.15) is 0 Å². The summed E-state index contributed by atoms with van der Waals surface area (Å²) in [6.45, 7) is 1.91. The van der Waals surface area contributed by atoms with Gasteiger partial charge in [0, 0.05) is 22.6 Å². The summed E-state index contributed by atoms with van der Waals surface area (Å²) in [5, 5.41) is 19.0. The van der Waals surface area contributed by atoms with Crippen LogP contribution in [0, 0.1) is 0 Å². The number of aliphatic hydroxyl groups is 1. The number of hydrogen-bond donors (Lipinski definition) is 2. The summed E-state index contributed by atoms with van der Waals surface area (Å²) in [7, 11) is 0. The first-order valence-electron chi connectivity index (χ1n) is 5.53. The molecular formula is C12H16BrNO2. The molecule has 1 atom stereocenters. The molecule has 0 amide bonds. The molecule has 0 aromatic heterocycles. The molecule has 4 heteroatoms. The number of benzene rings is 1. The average molecular weight is 286 g/mol. The van der Waals surface area contributed by atoms with Crippen LogP contribution >= 0.6 is 15.9 Å². The van der Waals surface area contributed by atoms with Gasteiger partial charge in [0.15, 0.2) is 0 Å². The van der Waals surface area contributed by atoms with Gasteiger partial charge in [0.05, 0.1) is 6.61 Å². The molecule has 1 aromatic carbocycles. The maximum Gasteiger partial charge on any atom is 0.120 e. The molecule has 0 bridgehead atoms. The molecule has 2 rings (SSSR count). The van der Waals surface area contributed by atoms with Crippen LogP contribution in [0.4, 0.5) is 0 Å². The van der Waals surface area contributed by atoms with Gasteiger partial charge in [0.25, 0.3) is 0 Å². The molecule has 88 valence electrons. The smallest absolute Gasteiger partial charge is 0.120 e. The van der Waals surface area contributed by atoms with Crippen molar-refractivity contribution in [2.45, 2.75) is 25.4 Å². The Balaban J connectivity index is 2.11. The highest BCUT2D eigenvalue weighted by Crippen LogP contribution is 2.26. The maximum atomic E-state index is 9.74. The molecule has 1 heterocycles. The highest BCUT2D eigenvalue weighted by atomic mass is 79.9. The van der Waals surface area contributed by atoms with E-state index in [0.717, 1.165) is 29.4 Å². The van der Waals surface area contributed by atoms with E-state index < -0.39 is 0 Å². The number of hydrogen-bond acceptors (Lipinski definition) is 3. The minimum atomic E-state index is 0.203. The van der Waals surface area contributed by atoms with E-state index in [4.69, 9.17) is 0 Å². The third-order valence-electron chi connectivity index (χ3n) is 3.12. The summed E-state index contributed by atoms with van der Waals surface area (Å²) < 4.78 is 0.972. The van der Waals surface area contributed by atoms with Gasteiger partial charge in [-0.15, -0.1) is 0 Å². The Morgan fingerprint density at radius 2 is 2.25 bits per heavy atom. The van der Waals surface area contributed by atoms with Crippen molar-refractivity contribution in [3.8, 4) is 5.75 Å². The van der Waals surface area contributed by atoms with Crippen molar-refractivity contribution in [2.24, 2.45) is 0 Å². The zero-order valence-electron chi connectivity index (χ0n) is 9.06. The van der Waals surface area contributed by atoms with E-state index in [0.29, 0.717) is 12.3 Å². The minimum absolute atomic E-state index is 0.203. The topological polar surface area (TPSA) is 43.7 Å². The molecule has 3 nitrogen and oxygen atoms in total. The minimum Gasteiger partial charge on any atom is -0.508 e. The quantitative estimate of drug-likeness (QED) is 0.894. The van der Waals surface area contributed by atoms with E-state index in [-0.39, 0.29) is 12.6 Å². The molecule has 1 aromatic rings. The highest BCUT2D eigenvalue weighted by molar-refractivity contribution is 9.10. The van der Waals surface area contributed by atoms with Crippen molar-refractivity contribution in [1.29, 1.82) is 0 Å². The second-order valence-electron chi connectivity index (χ2n) is 4.22. The van der Waals surface area contributed by atoms with Crippen LogP contribution in [0.5, 0.6) is 5.75 Å². The highest BCUT2D eigenvalue weighted by Gasteiger charge is 2.24. The lowest BCUT2D eigenvalue weighted by atomic mass is 10.1. The molecule has 1 fully saturated rings. The lowest BCUT2D eigenvalue weighted by molar-refractivity contribution is 0.152. The third-order valence-corrected chi connectivity index (χ3v) is 3.62. The standard InChI is InChI=1S/C12H16BrNO2/c13-10-3-4-12(16)9(6-10)7-14-5-1-2-11(14)8-15/h3-4,6,11,15-16H,1-2,5,7-8H2/t11-/m1/s1. The second kappa shape index (κ2) is 5.17. The molecule has 0 radical (unpaired) electrons. The Labute approximate surface area is 104 Å². The van der Waals surface area contributed by atoms with E-state index in [9.17, 15) is 10.2 Å². The van der Waals surface area contributed by atoms with E-state index >= 15 is 0 Å². The maximum absolute atomic E-state index is 9.74. The molecule has 0 saturated carbocycles.